The molecular weight excluding hydrogens is 492 g/mol. The van der Waals surface area contributed by atoms with Crippen LogP contribution in [0.15, 0.2) is 18.2 Å². The Kier molecular flexibility index (Phi) is 11.3. The van der Waals surface area contributed by atoms with Crippen LogP contribution in [-0.4, -0.2) is 91.3 Å². The summed E-state index contributed by atoms with van der Waals surface area (Å²) >= 11 is 1.50. The third-order valence-corrected chi connectivity index (χ3v) is 8.04. The number of nitrogens with zero attached hydrogens (tertiary/aromatic N) is 4. The minimum atomic E-state index is -0.904. The van der Waals surface area contributed by atoms with Crippen molar-refractivity contribution in [1.82, 2.24) is 15.1 Å². The molecule has 2 amide bonds. The summed E-state index contributed by atoms with van der Waals surface area (Å²) < 4.78 is 11.4. The largest absolute Gasteiger partial charge is 0.492 e. The summed E-state index contributed by atoms with van der Waals surface area (Å²) in [6.07, 6.45) is 0.862. The van der Waals surface area contributed by atoms with E-state index in [1.54, 1.807) is 4.90 Å². The highest BCUT2D eigenvalue weighted by molar-refractivity contribution is 8.01. The summed E-state index contributed by atoms with van der Waals surface area (Å²) in [6, 6.07) is 9.88. The fourth-order valence-corrected chi connectivity index (χ4v) is 5.96. The highest BCUT2D eigenvalue weighted by Crippen LogP contribution is 2.37. The smallest absolute Gasteiger partial charge is 0.238 e. The van der Waals surface area contributed by atoms with Gasteiger partial charge in [0, 0.05) is 50.9 Å². The maximum absolute atomic E-state index is 13.0. The molecule has 2 aliphatic rings. The van der Waals surface area contributed by atoms with E-state index in [2.05, 4.69) is 15.5 Å². The Labute approximate surface area is 223 Å². The van der Waals surface area contributed by atoms with E-state index in [-0.39, 0.29) is 29.5 Å². The van der Waals surface area contributed by atoms with Crippen molar-refractivity contribution in [3.8, 4) is 17.9 Å². The number of aryl methyl sites for hydroxylation is 1. The Morgan fingerprint density at radius 1 is 1.32 bits per heavy atom. The average molecular weight is 529 g/mol. The number of morpholine rings is 1. The molecule has 2 heterocycles. The first-order valence-electron chi connectivity index (χ1n) is 12.7. The van der Waals surface area contributed by atoms with Crippen LogP contribution in [-0.2, 0) is 14.3 Å². The van der Waals surface area contributed by atoms with Gasteiger partial charge >= 0.3 is 0 Å². The number of ether oxygens (including phenoxy) is 2. The van der Waals surface area contributed by atoms with Crippen LogP contribution in [0.4, 0.5) is 5.69 Å². The van der Waals surface area contributed by atoms with Gasteiger partial charge < -0.3 is 25.0 Å². The number of benzene rings is 1. The lowest BCUT2D eigenvalue weighted by molar-refractivity contribution is -0.131. The minimum absolute atomic E-state index is 0.0319. The van der Waals surface area contributed by atoms with Crippen molar-refractivity contribution in [3.63, 3.8) is 0 Å². The van der Waals surface area contributed by atoms with Crippen LogP contribution < -0.4 is 15.4 Å². The first-order chi connectivity index (χ1) is 18.0. The minimum Gasteiger partial charge on any atom is -0.492 e. The highest BCUT2D eigenvalue weighted by Gasteiger charge is 2.40. The number of nitriles is 2. The second kappa shape index (κ2) is 14.7. The SMILES string of the molecule is CCN1C(=O)C(CCNc2ccc(C)c(OCCN3CCOCC3)c2)SC1CC(C#N)C(=O)NCC#N. The molecule has 200 valence electrons. The van der Waals surface area contributed by atoms with E-state index in [0.29, 0.717) is 26.1 Å². The van der Waals surface area contributed by atoms with Crippen LogP contribution in [0.25, 0.3) is 0 Å². The van der Waals surface area contributed by atoms with Gasteiger partial charge in [-0.3, -0.25) is 14.5 Å². The Morgan fingerprint density at radius 2 is 2.11 bits per heavy atom. The third-order valence-electron chi connectivity index (χ3n) is 6.51. The van der Waals surface area contributed by atoms with Gasteiger partial charge in [0.25, 0.3) is 0 Å². The zero-order valence-electron chi connectivity index (χ0n) is 21.6. The summed E-state index contributed by atoms with van der Waals surface area (Å²) in [6.45, 7) is 9.79. The predicted molar refractivity (Wildman–Crippen MR) is 142 cm³/mol. The van der Waals surface area contributed by atoms with Crippen molar-refractivity contribution in [2.75, 3.05) is 64.4 Å². The maximum atomic E-state index is 13.0. The molecule has 3 atom stereocenters. The van der Waals surface area contributed by atoms with Gasteiger partial charge in [0.2, 0.25) is 11.8 Å². The maximum Gasteiger partial charge on any atom is 0.238 e. The number of amides is 2. The molecule has 0 radical (unpaired) electrons. The summed E-state index contributed by atoms with van der Waals surface area (Å²) in [5.41, 5.74) is 2.01. The van der Waals surface area contributed by atoms with Crippen molar-refractivity contribution in [2.45, 2.75) is 37.3 Å². The first kappa shape index (κ1) is 28.6. The molecule has 0 aromatic heterocycles. The predicted octanol–water partition coefficient (Wildman–Crippen LogP) is 1.97. The molecule has 3 rings (SSSR count). The van der Waals surface area contributed by atoms with Crippen molar-refractivity contribution in [3.05, 3.63) is 23.8 Å². The van der Waals surface area contributed by atoms with Gasteiger partial charge in [0.15, 0.2) is 0 Å². The standard InChI is InChI=1S/C26H36N6O4S/c1-3-32-24(16-20(18-28)25(33)30-9-7-27)37-23(26(32)34)6-8-29-21-5-4-19(2)22(17-21)36-15-12-31-10-13-35-14-11-31/h4-5,17,20,23-24,29H,3,6,8-16H2,1-2H3,(H,30,33). The zero-order valence-corrected chi connectivity index (χ0v) is 22.4. The molecule has 2 fully saturated rings. The molecule has 0 aliphatic carbocycles. The van der Waals surface area contributed by atoms with Crippen LogP contribution in [0, 0.1) is 35.5 Å². The van der Waals surface area contributed by atoms with E-state index in [1.807, 2.05) is 44.2 Å². The Morgan fingerprint density at radius 3 is 2.81 bits per heavy atom. The molecule has 1 aromatic rings. The number of carbonyl (C=O) groups excluding carboxylic acids is 2. The van der Waals surface area contributed by atoms with Crippen molar-refractivity contribution in [2.24, 2.45) is 5.92 Å². The first-order valence-corrected chi connectivity index (χ1v) is 13.7. The molecule has 37 heavy (non-hydrogen) atoms. The van der Waals surface area contributed by atoms with Gasteiger partial charge in [0.05, 0.1) is 36.0 Å². The van der Waals surface area contributed by atoms with Gasteiger partial charge in [-0.05, 0) is 31.9 Å². The lowest BCUT2D eigenvalue weighted by atomic mass is 10.1. The van der Waals surface area contributed by atoms with Gasteiger partial charge in [0.1, 0.15) is 24.8 Å². The second-order valence-electron chi connectivity index (χ2n) is 9.00. The van der Waals surface area contributed by atoms with Crippen molar-refractivity contribution in [1.29, 1.82) is 10.5 Å². The van der Waals surface area contributed by atoms with Crippen LogP contribution in [0.1, 0.15) is 25.3 Å². The molecule has 0 bridgehead atoms. The van der Waals surface area contributed by atoms with Crippen LogP contribution in [0.5, 0.6) is 5.75 Å². The summed E-state index contributed by atoms with van der Waals surface area (Å²) in [4.78, 5) is 29.2. The van der Waals surface area contributed by atoms with Gasteiger partial charge in [-0.25, -0.2) is 0 Å². The van der Waals surface area contributed by atoms with Gasteiger partial charge in [-0.1, -0.05) is 6.07 Å². The summed E-state index contributed by atoms with van der Waals surface area (Å²) in [5, 5.41) is 23.5. The molecule has 2 saturated heterocycles. The van der Waals surface area contributed by atoms with E-state index < -0.39 is 11.8 Å². The fourth-order valence-electron chi connectivity index (χ4n) is 4.37. The average Bonchev–Trinajstić information content (AvgIpc) is 3.21. The molecule has 11 heteroatoms. The number of thioether (sulfide) groups is 1. The number of hydrogen-bond donors (Lipinski definition) is 2. The molecular formula is C26H36N6O4S. The summed E-state index contributed by atoms with van der Waals surface area (Å²) in [5.74, 6) is -0.497. The Hall–Kier alpha value is -2.99. The molecule has 2 N–H and O–H groups in total. The number of carbonyl (C=O) groups is 2. The number of anilines is 1. The van der Waals surface area contributed by atoms with E-state index in [4.69, 9.17) is 14.7 Å². The molecule has 10 nitrogen and oxygen atoms in total. The van der Waals surface area contributed by atoms with E-state index in [0.717, 1.165) is 49.8 Å². The lowest BCUT2D eigenvalue weighted by Gasteiger charge is -2.26. The van der Waals surface area contributed by atoms with Crippen molar-refractivity contribution < 1.29 is 19.1 Å². The molecule has 0 spiro atoms. The number of hydrogen-bond acceptors (Lipinski definition) is 9. The van der Waals surface area contributed by atoms with Gasteiger partial charge in [-0.15, -0.1) is 11.8 Å². The lowest BCUT2D eigenvalue weighted by Crippen LogP contribution is -2.38. The molecule has 2 aliphatic heterocycles. The fraction of sp³-hybridized carbons (Fsp3) is 0.615. The second-order valence-corrected chi connectivity index (χ2v) is 10.4. The van der Waals surface area contributed by atoms with E-state index >= 15 is 0 Å². The number of rotatable bonds is 13. The highest BCUT2D eigenvalue weighted by atomic mass is 32.2. The van der Waals surface area contributed by atoms with Gasteiger partial charge in [-0.2, -0.15) is 10.5 Å². The van der Waals surface area contributed by atoms with Crippen LogP contribution in [0.2, 0.25) is 0 Å². The van der Waals surface area contributed by atoms with Crippen molar-refractivity contribution >= 4 is 29.3 Å². The monoisotopic (exact) mass is 528 g/mol. The van der Waals surface area contributed by atoms with E-state index in [9.17, 15) is 14.9 Å². The molecule has 3 unspecified atom stereocenters. The molecule has 0 saturated carbocycles. The topological polar surface area (TPSA) is 131 Å². The number of nitrogens with one attached hydrogen (secondary N) is 2. The van der Waals surface area contributed by atoms with Crippen LogP contribution in [0.3, 0.4) is 0 Å². The third kappa shape index (κ3) is 8.26. The normalized spacial score (nSPS) is 20.6. The Bertz CT molecular complexity index is 1000. The summed E-state index contributed by atoms with van der Waals surface area (Å²) in [7, 11) is 0. The van der Waals surface area contributed by atoms with E-state index in [1.165, 1.54) is 11.8 Å². The quantitative estimate of drug-likeness (QED) is 0.369. The Balaban J connectivity index is 1.48. The zero-order chi connectivity index (χ0) is 26.6. The molecule has 1 aromatic carbocycles. The van der Waals surface area contributed by atoms with Crippen LogP contribution >= 0.6 is 11.8 Å².